The zero-order valence-corrected chi connectivity index (χ0v) is 12.4. The Morgan fingerprint density at radius 3 is 2.85 bits per heavy atom. The number of hydrogen-bond donors (Lipinski definition) is 2. The van der Waals surface area contributed by atoms with Crippen LogP contribution in [0.15, 0.2) is 35.7 Å². The van der Waals surface area contributed by atoms with Crippen LogP contribution in [0.1, 0.15) is 30.2 Å². The van der Waals surface area contributed by atoms with Crippen molar-refractivity contribution in [1.29, 1.82) is 0 Å². The van der Waals surface area contributed by atoms with E-state index in [1.165, 1.54) is 10.6 Å². The lowest BCUT2D eigenvalue weighted by molar-refractivity contribution is 0.515. The molecule has 0 saturated heterocycles. The van der Waals surface area contributed by atoms with Crippen LogP contribution in [0, 0.1) is 0 Å². The van der Waals surface area contributed by atoms with Crippen LogP contribution < -0.4 is 5.23 Å². The third kappa shape index (κ3) is 3.11. The highest BCUT2D eigenvalue weighted by atomic mass is 32.1. The minimum atomic E-state index is -0.421. The Kier molecular flexibility index (Phi) is 4.20. The number of thiazole rings is 1. The first-order chi connectivity index (χ1) is 9.72. The summed E-state index contributed by atoms with van der Waals surface area (Å²) >= 11 is 1.76. The molecule has 2 aromatic rings. The number of rotatable bonds is 4. The highest BCUT2D eigenvalue weighted by Crippen LogP contribution is 2.37. The average Bonchev–Trinajstić information content (AvgIpc) is 3.07. The molecule has 1 aliphatic rings. The molecule has 2 atom stereocenters. The zero-order chi connectivity index (χ0) is 13.9. The van der Waals surface area contributed by atoms with Crippen molar-refractivity contribution in [1.82, 2.24) is 10.2 Å². The van der Waals surface area contributed by atoms with Crippen molar-refractivity contribution in [3.8, 4) is 11.3 Å². The second-order valence-electron chi connectivity index (χ2n) is 5.49. The smallest absolute Gasteiger partial charge is 0.373 e. The summed E-state index contributed by atoms with van der Waals surface area (Å²) in [6.07, 6.45) is 3.36. The van der Waals surface area contributed by atoms with E-state index in [1.807, 2.05) is 18.2 Å². The molecule has 1 fully saturated rings. The lowest BCUT2D eigenvalue weighted by Crippen LogP contribution is -2.38. The fourth-order valence-electron chi connectivity index (χ4n) is 2.91. The van der Waals surface area contributed by atoms with Gasteiger partial charge in [0, 0.05) is 16.9 Å². The molecular weight excluding hydrogens is 267 g/mol. The molecular formula is C15H19BN2OS. The van der Waals surface area contributed by atoms with E-state index in [1.54, 1.807) is 18.2 Å². The van der Waals surface area contributed by atoms with Gasteiger partial charge in [-0.2, -0.15) is 0 Å². The highest BCUT2D eigenvalue weighted by Gasteiger charge is 2.28. The van der Waals surface area contributed by atoms with Crippen LogP contribution in [0.3, 0.4) is 0 Å². The van der Waals surface area contributed by atoms with Gasteiger partial charge in [0.2, 0.25) is 0 Å². The van der Waals surface area contributed by atoms with Gasteiger partial charge in [0.05, 0.1) is 10.7 Å². The average molecular weight is 286 g/mol. The summed E-state index contributed by atoms with van der Waals surface area (Å²) in [5, 5.41) is 16.0. The Balaban J connectivity index is 1.69. The standard InChI is InChI=1S/C15H19BN2OS/c1-16(19)18-13-8-7-12(9-13)15-17-14(10-20-15)11-5-3-2-4-6-11/h2-6,10,12-13,18-19H,7-9H2,1H3. The van der Waals surface area contributed by atoms with Crippen molar-refractivity contribution < 1.29 is 5.02 Å². The van der Waals surface area contributed by atoms with Gasteiger partial charge in [-0.1, -0.05) is 30.3 Å². The van der Waals surface area contributed by atoms with Crippen molar-refractivity contribution >= 4 is 18.4 Å². The van der Waals surface area contributed by atoms with Crippen molar-refractivity contribution in [3.05, 3.63) is 40.7 Å². The second kappa shape index (κ2) is 6.08. The first-order valence-electron chi connectivity index (χ1n) is 7.17. The Morgan fingerprint density at radius 1 is 1.30 bits per heavy atom. The van der Waals surface area contributed by atoms with Gasteiger partial charge < -0.3 is 10.3 Å². The van der Waals surface area contributed by atoms with Crippen LogP contribution >= 0.6 is 11.3 Å². The van der Waals surface area contributed by atoms with Crippen LogP contribution in [-0.4, -0.2) is 23.1 Å². The summed E-state index contributed by atoms with van der Waals surface area (Å²) in [6.45, 7) is 1.78. The summed E-state index contributed by atoms with van der Waals surface area (Å²) < 4.78 is 0. The van der Waals surface area contributed by atoms with Gasteiger partial charge >= 0.3 is 7.05 Å². The summed E-state index contributed by atoms with van der Waals surface area (Å²) in [6, 6.07) is 10.7. The first-order valence-corrected chi connectivity index (χ1v) is 8.05. The summed E-state index contributed by atoms with van der Waals surface area (Å²) in [5.41, 5.74) is 2.27. The Labute approximate surface area is 124 Å². The van der Waals surface area contributed by atoms with E-state index in [2.05, 4.69) is 22.7 Å². The molecule has 1 heterocycles. The van der Waals surface area contributed by atoms with Crippen molar-refractivity contribution in [2.75, 3.05) is 0 Å². The maximum atomic E-state index is 9.40. The zero-order valence-electron chi connectivity index (χ0n) is 11.6. The fraction of sp³-hybridized carbons (Fsp3) is 0.400. The van der Waals surface area contributed by atoms with Gasteiger partial charge in [0.1, 0.15) is 0 Å². The van der Waals surface area contributed by atoms with Crippen LogP contribution in [-0.2, 0) is 0 Å². The highest BCUT2D eigenvalue weighted by molar-refractivity contribution is 7.10. The molecule has 0 aliphatic heterocycles. The quantitative estimate of drug-likeness (QED) is 0.849. The van der Waals surface area contributed by atoms with E-state index in [-0.39, 0.29) is 0 Å². The van der Waals surface area contributed by atoms with Gasteiger partial charge in [0.25, 0.3) is 0 Å². The monoisotopic (exact) mass is 286 g/mol. The molecule has 0 radical (unpaired) electrons. The second-order valence-corrected chi connectivity index (χ2v) is 6.38. The predicted octanol–water partition coefficient (Wildman–Crippen LogP) is 3.15. The molecule has 0 spiro atoms. The van der Waals surface area contributed by atoms with Crippen molar-refractivity contribution in [2.45, 2.75) is 38.0 Å². The predicted molar refractivity (Wildman–Crippen MR) is 84.9 cm³/mol. The molecule has 0 bridgehead atoms. The molecule has 2 N–H and O–H groups in total. The molecule has 1 aromatic heterocycles. The normalized spacial score (nSPS) is 22.1. The largest absolute Gasteiger partial charge is 0.437 e. The lowest BCUT2D eigenvalue weighted by atomic mass is 9.87. The van der Waals surface area contributed by atoms with Crippen LogP contribution in [0.4, 0.5) is 0 Å². The molecule has 1 saturated carbocycles. The minimum absolute atomic E-state index is 0.420. The number of nitrogens with zero attached hydrogens (tertiary/aromatic N) is 1. The summed E-state index contributed by atoms with van der Waals surface area (Å²) in [4.78, 5) is 4.80. The molecule has 0 amide bonds. The topological polar surface area (TPSA) is 45.1 Å². The minimum Gasteiger partial charge on any atom is -0.437 e. The van der Waals surface area contributed by atoms with Crippen molar-refractivity contribution in [3.63, 3.8) is 0 Å². The maximum absolute atomic E-state index is 9.40. The molecule has 3 nitrogen and oxygen atoms in total. The van der Waals surface area contributed by atoms with Gasteiger partial charge in [-0.3, -0.25) is 0 Å². The summed E-state index contributed by atoms with van der Waals surface area (Å²) in [5.74, 6) is 0.536. The fourth-order valence-corrected chi connectivity index (χ4v) is 3.89. The van der Waals surface area contributed by atoms with Gasteiger partial charge in [-0.25, -0.2) is 4.98 Å². The van der Waals surface area contributed by atoms with E-state index < -0.39 is 7.05 Å². The van der Waals surface area contributed by atoms with Crippen LogP contribution in [0.5, 0.6) is 0 Å². The SMILES string of the molecule is CB(O)NC1CCC(c2nc(-c3ccccc3)cs2)C1. The molecule has 20 heavy (non-hydrogen) atoms. The van der Waals surface area contributed by atoms with Crippen LogP contribution in [0.25, 0.3) is 11.3 Å². The molecule has 104 valence electrons. The Hall–Kier alpha value is -1.17. The Morgan fingerprint density at radius 2 is 2.10 bits per heavy atom. The lowest BCUT2D eigenvalue weighted by Gasteiger charge is -2.12. The molecule has 1 aliphatic carbocycles. The van der Waals surface area contributed by atoms with E-state index in [9.17, 15) is 5.02 Å². The van der Waals surface area contributed by atoms with E-state index >= 15 is 0 Å². The third-order valence-electron chi connectivity index (χ3n) is 3.85. The van der Waals surface area contributed by atoms with E-state index in [0.29, 0.717) is 12.0 Å². The van der Waals surface area contributed by atoms with Gasteiger partial charge in [-0.05, 0) is 32.1 Å². The van der Waals surface area contributed by atoms with E-state index in [4.69, 9.17) is 4.98 Å². The number of hydrogen-bond acceptors (Lipinski definition) is 4. The third-order valence-corrected chi connectivity index (χ3v) is 4.86. The number of nitrogens with one attached hydrogen (secondary N) is 1. The molecule has 1 aromatic carbocycles. The number of benzene rings is 1. The number of aromatic nitrogens is 1. The van der Waals surface area contributed by atoms with Gasteiger partial charge in [-0.15, -0.1) is 11.3 Å². The first kappa shape index (κ1) is 13.8. The van der Waals surface area contributed by atoms with Crippen molar-refractivity contribution in [2.24, 2.45) is 0 Å². The van der Waals surface area contributed by atoms with E-state index in [0.717, 1.165) is 25.0 Å². The van der Waals surface area contributed by atoms with Crippen LogP contribution in [0.2, 0.25) is 6.82 Å². The Bertz CT molecular complexity index is 558. The maximum Gasteiger partial charge on any atom is 0.373 e. The summed E-state index contributed by atoms with van der Waals surface area (Å²) in [7, 11) is -0.421. The molecule has 3 rings (SSSR count). The molecule has 5 heteroatoms. The molecule has 2 unspecified atom stereocenters. The van der Waals surface area contributed by atoms with Gasteiger partial charge in [0.15, 0.2) is 0 Å².